The number of hydrogen-bond donors (Lipinski definition) is 15. The lowest BCUT2D eigenvalue weighted by atomic mass is 9.94. The number of aromatic hydroxyl groups is 1. The molecule has 1 aliphatic rings. The molecule has 2 heterocycles. The first-order valence-electron chi connectivity index (χ1n) is 24.8. The van der Waals surface area contributed by atoms with E-state index in [1.165, 1.54) is 12.1 Å². The van der Waals surface area contributed by atoms with Gasteiger partial charge in [0.2, 0.25) is 40.1 Å². The van der Waals surface area contributed by atoms with Gasteiger partial charge in [-0.25, -0.2) is 26.7 Å². The molecule has 7 atom stereocenters. The van der Waals surface area contributed by atoms with Crippen molar-refractivity contribution in [3.8, 4) is 5.75 Å². The lowest BCUT2D eigenvalue weighted by molar-refractivity contribution is -0.142. The zero-order valence-electron chi connectivity index (χ0n) is 41.8. The van der Waals surface area contributed by atoms with Crippen LogP contribution in [0.2, 0.25) is 0 Å². The number of carbonyl (C=O) groups excluding carboxylic acids is 7. The number of carbonyl (C=O) groups is 7. The first kappa shape index (κ1) is 59.5. The van der Waals surface area contributed by atoms with Gasteiger partial charge in [0.05, 0.1) is 30.8 Å². The Labute approximate surface area is 426 Å². The quantitative estimate of drug-likeness (QED) is 0.0109. The van der Waals surface area contributed by atoms with Gasteiger partial charge in [0.1, 0.15) is 30.2 Å². The lowest BCUT2D eigenvalue weighted by Crippen LogP contribution is -2.61. The first-order chi connectivity index (χ1) is 34.5. The van der Waals surface area contributed by atoms with Gasteiger partial charge in [0, 0.05) is 36.6 Å². The number of nitrogens with two attached hydrogens (primary N) is 2. The van der Waals surface area contributed by atoms with E-state index in [0.717, 1.165) is 22.9 Å². The van der Waals surface area contributed by atoms with Crippen LogP contribution in [-0.2, 0) is 46.4 Å². The number of hydrazine groups is 3. The van der Waals surface area contributed by atoms with Gasteiger partial charge in [-0.1, -0.05) is 57.5 Å². The number of H-pyrrole nitrogens is 1. The second kappa shape index (κ2) is 30.9. The van der Waals surface area contributed by atoms with Gasteiger partial charge in [0.25, 0.3) is 0 Å². The smallest absolute Gasteiger partial charge is 0.245 e. The van der Waals surface area contributed by atoms with Crippen LogP contribution in [-0.4, -0.2) is 149 Å². The normalized spacial score (nSPS) is 16.6. The molecule has 72 heavy (non-hydrogen) atoms. The third-order valence-electron chi connectivity index (χ3n) is 12.4. The maximum atomic E-state index is 14.4. The van der Waals surface area contributed by atoms with Crippen LogP contribution in [0.1, 0.15) is 83.3 Å². The maximum absolute atomic E-state index is 14.4. The Balaban J connectivity index is 1.54. The number of nitrogens with one attached hydrogen (secondary N) is 10. The molecule has 2 aromatic carbocycles. The van der Waals surface area contributed by atoms with E-state index in [1.807, 2.05) is 45.0 Å². The molecule has 0 bridgehead atoms. The van der Waals surface area contributed by atoms with Crippen LogP contribution in [0, 0.1) is 5.92 Å². The molecule has 3 aromatic rings. The number of rotatable bonds is 36. The highest BCUT2D eigenvalue weighted by molar-refractivity contribution is 7.96. The van der Waals surface area contributed by atoms with E-state index in [4.69, 9.17) is 11.5 Å². The first-order valence-corrected chi connectivity index (χ1v) is 25.3. The number of benzene rings is 2. The van der Waals surface area contributed by atoms with Crippen molar-refractivity contribution < 1.29 is 43.8 Å². The molecule has 0 aliphatic carbocycles. The minimum Gasteiger partial charge on any atom is -0.508 e. The highest BCUT2D eigenvalue weighted by Gasteiger charge is 2.39. The largest absolute Gasteiger partial charge is 0.508 e. The molecular formula is C49H77N13O9S. The number of thiol groups is 1. The van der Waals surface area contributed by atoms with Gasteiger partial charge in [-0.15, -0.1) is 12.6 Å². The number of aliphatic hydroxyl groups is 1. The molecule has 16 N–H and O–H groups in total. The van der Waals surface area contributed by atoms with Crippen molar-refractivity contribution in [3.05, 3.63) is 65.9 Å². The van der Waals surface area contributed by atoms with Crippen LogP contribution in [0.5, 0.6) is 5.75 Å². The van der Waals surface area contributed by atoms with E-state index in [2.05, 4.69) is 66.0 Å². The monoisotopic (exact) mass is 1020 g/mol. The Morgan fingerprint density at radius 1 is 0.778 bits per heavy atom. The number of phenols is 1. The fourth-order valence-corrected chi connectivity index (χ4v) is 8.67. The lowest BCUT2D eigenvalue weighted by Gasteiger charge is -2.28. The van der Waals surface area contributed by atoms with Gasteiger partial charge >= 0.3 is 0 Å². The topological polar surface area (TPSA) is 339 Å². The van der Waals surface area contributed by atoms with Crippen LogP contribution in [0.25, 0.3) is 10.9 Å². The molecule has 1 fully saturated rings. The average Bonchev–Trinajstić information content (AvgIpc) is 4.00. The summed E-state index contributed by atoms with van der Waals surface area (Å²) < 4.78 is 0. The molecule has 0 spiro atoms. The summed E-state index contributed by atoms with van der Waals surface area (Å²) in [5.74, 6) is -4.66. The van der Waals surface area contributed by atoms with E-state index in [9.17, 15) is 43.8 Å². The SMILES string of the molecule is CCNN1CCC[C@H]1C(=O)C(=O)[C@H](CCCNC(N)N)NN[C@@H](CC(C)C)C(=O)C(=O)[C@@H](CCCCNC)NN[C@@H](Cc1ccc(O)cc1)C(=O)N[C@@H](CO)C(=O)N[C@@H](Cc1c[nH]c2ccccc12)C(=O)S. The Morgan fingerprint density at radius 3 is 2.06 bits per heavy atom. The predicted molar refractivity (Wildman–Crippen MR) is 277 cm³/mol. The number of fused-ring (bicyclic) bond motifs is 1. The fourth-order valence-electron chi connectivity index (χ4n) is 8.52. The van der Waals surface area contributed by atoms with Crippen LogP contribution in [0.15, 0.2) is 54.7 Å². The molecular weight excluding hydrogens is 947 g/mol. The van der Waals surface area contributed by atoms with E-state index in [1.54, 1.807) is 30.4 Å². The summed E-state index contributed by atoms with van der Waals surface area (Å²) in [7, 11) is 1.79. The van der Waals surface area contributed by atoms with E-state index in [0.29, 0.717) is 57.4 Å². The van der Waals surface area contributed by atoms with Crippen molar-refractivity contribution in [1.29, 1.82) is 0 Å². The van der Waals surface area contributed by atoms with Crippen molar-refractivity contribution >= 4 is 63.6 Å². The summed E-state index contributed by atoms with van der Waals surface area (Å²) in [4.78, 5) is 100. The van der Waals surface area contributed by atoms with Gasteiger partial charge in [-0.2, -0.15) is 0 Å². The van der Waals surface area contributed by atoms with Crippen molar-refractivity contribution in [2.24, 2.45) is 17.4 Å². The highest BCUT2D eigenvalue weighted by atomic mass is 32.1. The third kappa shape index (κ3) is 18.8. The second-order valence-corrected chi connectivity index (χ2v) is 19.0. The number of ketones is 4. The molecule has 23 heteroatoms. The Hall–Kier alpha value is -5.02. The van der Waals surface area contributed by atoms with Crippen LogP contribution < -0.4 is 59.9 Å². The second-order valence-electron chi connectivity index (χ2n) is 18.5. The van der Waals surface area contributed by atoms with Crippen molar-refractivity contribution in [2.75, 3.05) is 39.8 Å². The summed E-state index contributed by atoms with van der Waals surface area (Å²) in [5, 5.41) is 33.5. The van der Waals surface area contributed by atoms with Gasteiger partial charge in [0.15, 0.2) is 0 Å². The molecule has 1 saturated heterocycles. The fraction of sp³-hybridized carbons (Fsp3) is 0.571. The number of nitrogens with zero attached hydrogens (tertiary/aromatic N) is 1. The Bertz CT molecular complexity index is 2230. The van der Waals surface area contributed by atoms with Gasteiger partial charge < -0.3 is 42.6 Å². The molecule has 22 nitrogen and oxygen atoms in total. The number of aromatic nitrogens is 1. The summed E-state index contributed by atoms with van der Waals surface area (Å²) in [6.45, 7) is 6.95. The number of amides is 2. The van der Waals surface area contributed by atoms with Crippen LogP contribution in [0.3, 0.4) is 0 Å². The molecule has 4 rings (SSSR count). The van der Waals surface area contributed by atoms with Crippen molar-refractivity contribution in [2.45, 2.75) is 134 Å². The van der Waals surface area contributed by atoms with Crippen molar-refractivity contribution in [1.82, 2.24) is 58.4 Å². The Kier molecular flexibility index (Phi) is 25.5. The highest BCUT2D eigenvalue weighted by Crippen LogP contribution is 2.21. The van der Waals surface area contributed by atoms with Crippen LogP contribution >= 0.6 is 12.6 Å². The maximum Gasteiger partial charge on any atom is 0.245 e. The number of para-hydroxylation sites is 1. The molecule has 1 aliphatic heterocycles. The molecule has 398 valence electrons. The molecule has 2 amide bonds. The Morgan fingerprint density at radius 2 is 1.40 bits per heavy atom. The summed E-state index contributed by atoms with van der Waals surface area (Å²) in [6.07, 6.45) is 4.19. The molecule has 0 saturated carbocycles. The van der Waals surface area contributed by atoms with Gasteiger partial charge in [-0.05, 0) is 107 Å². The summed E-state index contributed by atoms with van der Waals surface area (Å²) in [5.41, 5.74) is 28.4. The van der Waals surface area contributed by atoms with E-state index < -0.39 is 95.3 Å². The molecule has 0 radical (unpaired) electrons. The summed E-state index contributed by atoms with van der Waals surface area (Å²) >= 11 is 4.01. The third-order valence-corrected chi connectivity index (χ3v) is 12.7. The number of unbranched alkanes of at least 4 members (excludes halogenated alkanes) is 1. The minimum atomic E-state index is -1.53. The number of aromatic amines is 1. The van der Waals surface area contributed by atoms with Crippen LogP contribution in [0.4, 0.5) is 0 Å². The number of Topliss-reactive ketones (excluding diaryl/α,β-unsaturated/α-hetero) is 4. The molecule has 1 aromatic heterocycles. The van der Waals surface area contributed by atoms with E-state index >= 15 is 0 Å². The van der Waals surface area contributed by atoms with E-state index in [-0.39, 0.29) is 43.8 Å². The summed E-state index contributed by atoms with van der Waals surface area (Å²) in [6, 6.07) is 5.53. The predicted octanol–water partition coefficient (Wildman–Crippen LogP) is -0.988. The van der Waals surface area contributed by atoms with Gasteiger partial charge in [-0.3, -0.25) is 44.3 Å². The standard InChI is InChI=1S/C49H77N13O9S/c1-5-55-62-23-11-16-41(62)45(68)43(66)36(15-10-22-53-49(50)51)58-60-37(24-29(2)3)44(67)42(65)35(14-8-9-21-52-4)59-61-38(25-30-17-19-32(64)20-18-30)46(69)57-40(28-63)47(70)56-39(48(71)72)26-31-27-54-34-13-7-6-12-33(31)34/h6-7,12-13,17-20,27,29,35-41,49,52-55,58-61,63-64H,5,8-11,14-16,21-26,28,50-51H2,1-4H3,(H,56,70)(H,57,69)(H,71,72)/t35-,36+,37+,38+,39+,40+,41+/m1/s1. The average molecular weight is 1020 g/mol. The van der Waals surface area contributed by atoms with Crippen molar-refractivity contribution in [3.63, 3.8) is 0 Å². The molecule has 0 unspecified atom stereocenters. The number of phenolic OH excluding ortho intramolecular Hbond substituents is 1. The minimum absolute atomic E-state index is 0.0195. The zero-order chi connectivity index (χ0) is 52.7. The zero-order valence-corrected chi connectivity index (χ0v) is 42.7. The number of aliphatic hydroxyl groups excluding tert-OH is 1. The number of hydrogen-bond acceptors (Lipinski definition) is 19.